The predicted molar refractivity (Wildman–Crippen MR) is 90.9 cm³/mol. The number of halogens is 3. The fourth-order valence-electron chi connectivity index (χ4n) is 2.18. The Balaban J connectivity index is 0. The first-order valence-electron chi connectivity index (χ1n) is 6.40. The summed E-state index contributed by atoms with van der Waals surface area (Å²) in [5.74, 6) is 0. The van der Waals surface area contributed by atoms with Gasteiger partial charge in [0, 0.05) is 0 Å². The summed E-state index contributed by atoms with van der Waals surface area (Å²) in [7, 11) is -0.446. The van der Waals surface area contributed by atoms with E-state index in [1.54, 1.807) is 0 Å². The molecule has 0 N–H and O–H groups in total. The van der Waals surface area contributed by atoms with E-state index >= 15 is 0 Å². The summed E-state index contributed by atoms with van der Waals surface area (Å²) >= 11 is 0. The van der Waals surface area contributed by atoms with Crippen molar-refractivity contribution in [3.05, 3.63) is 91.0 Å². The molecule has 0 amide bonds. The van der Waals surface area contributed by atoms with E-state index in [2.05, 4.69) is 91.0 Å². The second-order valence-corrected chi connectivity index (χ2v) is 6.56. The first kappa shape index (κ1) is 23.2. The molecule has 0 spiro atoms. The van der Waals surface area contributed by atoms with Crippen LogP contribution in [0.5, 0.6) is 0 Å². The van der Waals surface area contributed by atoms with E-state index in [0.29, 0.717) is 0 Å². The first-order chi connectivity index (χ1) is 9.45. The molecule has 0 aromatic heterocycles. The molecule has 23 heavy (non-hydrogen) atoms. The van der Waals surface area contributed by atoms with Crippen LogP contribution in [0.15, 0.2) is 91.0 Å². The minimum absolute atomic E-state index is 0. The summed E-state index contributed by atoms with van der Waals surface area (Å²) in [6.45, 7) is 0. The van der Waals surface area contributed by atoms with Gasteiger partial charge in [-0.1, -0.05) is 91.0 Å². The van der Waals surface area contributed by atoms with Gasteiger partial charge >= 0.3 is 8.41 Å². The van der Waals surface area contributed by atoms with Gasteiger partial charge in [0.25, 0.3) is 0 Å². The van der Waals surface area contributed by atoms with Gasteiger partial charge in [0.2, 0.25) is 0 Å². The molecule has 0 aliphatic carbocycles. The number of rotatable bonds is 3. The van der Waals surface area contributed by atoms with Crippen LogP contribution in [-0.2, 0) is 0 Å². The van der Waals surface area contributed by atoms with E-state index in [4.69, 9.17) is 0 Å². The van der Waals surface area contributed by atoms with Crippen LogP contribution in [-0.4, -0.2) is 8.41 Å². The molecule has 0 bridgehead atoms. The van der Waals surface area contributed by atoms with Gasteiger partial charge in [-0.3, -0.25) is 0 Å². The van der Waals surface area contributed by atoms with Crippen molar-refractivity contribution < 1.29 is 14.1 Å². The van der Waals surface area contributed by atoms with Crippen LogP contribution in [0.3, 0.4) is 0 Å². The van der Waals surface area contributed by atoms with Crippen molar-refractivity contribution in [3.8, 4) is 0 Å². The summed E-state index contributed by atoms with van der Waals surface area (Å²) in [5.41, 5.74) is 0. The largest absolute Gasteiger partial charge is 3.00 e. The molecule has 0 saturated heterocycles. The van der Waals surface area contributed by atoms with Gasteiger partial charge < -0.3 is 14.1 Å². The van der Waals surface area contributed by atoms with Crippen LogP contribution in [0.25, 0.3) is 0 Å². The average molecular weight is 330 g/mol. The zero-order valence-corrected chi connectivity index (χ0v) is 13.2. The maximum atomic E-state index is 2.23. The summed E-state index contributed by atoms with van der Waals surface area (Å²) < 4.78 is 0. The van der Waals surface area contributed by atoms with Crippen LogP contribution in [0.4, 0.5) is 0 Å². The van der Waals surface area contributed by atoms with Gasteiger partial charge in [-0.05, 0) is 23.8 Å². The average Bonchev–Trinajstić information content (AvgIpc) is 2.51. The summed E-state index contributed by atoms with van der Waals surface area (Å²) in [6.07, 6.45) is 0. The van der Waals surface area contributed by atoms with Crippen molar-refractivity contribution in [2.75, 3.05) is 0 Å². The summed E-state index contributed by atoms with van der Waals surface area (Å²) in [6, 6.07) is 32.3. The molecular weight excluding hydrogens is 315 g/mol. The minimum atomic E-state index is -0.446. The monoisotopic (exact) mass is 330 g/mol. The van der Waals surface area contributed by atoms with Crippen LogP contribution >= 0.6 is 7.92 Å². The molecule has 0 saturated carbocycles. The van der Waals surface area contributed by atoms with Gasteiger partial charge in [-0.25, -0.2) is 0 Å². The zero-order valence-electron chi connectivity index (χ0n) is 12.3. The zero-order chi connectivity index (χ0) is 12.9. The van der Waals surface area contributed by atoms with Crippen LogP contribution in [0, 0.1) is 0 Å². The summed E-state index contributed by atoms with van der Waals surface area (Å²) in [5, 5.41) is 4.19. The Morgan fingerprint density at radius 1 is 0.391 bits per heavy atom. The Hall–Kier alpha value is -2.06. The second kappa shape index (κ2) is 11.5. The Kier molecular flexibility index (Phi) is 11.6. The van der Waals surface area contributed by atoms with E-state index in [1.807, 2.05) is 0 Å². The van der Waals surface area contributed by atoms with Crippen LogP contribution < -0.4 is 30.0 Å². The molecule has 0 heterocycles. The third-order valence-electron chi connectivity index (χ3n) is 3.04. The number of hydrogen-bond donors (Lipinski definition) is 0. The Labute approximate surface area is 138 Å². The number of benzene rings is 3. The van der Waals surface area contributed by atoms with Crippen molar-refractivity contribution in [1.82, 2.24) is 0 Å². The first-order valence-corrected chi connectivity index (χ1v) is 7.74. The Morgan fingerprint density at radius 3 is 0.826 bits per heavy atom. The maximum Gasteiger partial charge on any atom is 3.00 e. The molecule has 3 rings (SSSR count). The van der Waals surface area contributed by atoms with Crippen molar-refractivity contribution in [2.45, 2.75) is 0 Å². The molecule has 116 valence electrons. The third kappa shape index (κ3) is 5.57. The van der Waals surface area contributed by atoms with Gasteiger partial charge in [-0.15, -0.1) is 0 Å². The fourth-order valence-corrected chi connectivity index (χ4v) is 4.48. The molecule has 0 atom stereocenters. The smallest absolute Gasteiger partial charge is 1.00 e. The Bertz CT molecular complexity index is 542. The SMILES string of the molecule is [B+3].[F-].[F-].[F-].c1ccc(P(c2ccccc2)c2ccccc2)cc1. The minimum Gasteiger partial charge on any atom is -1.00 e. The van der Waals surface area contributed by atoms with Crippen LogP contribution in [0.2, 0.25) is 0 Å². The molecule has 0 aliphatic rings. The van der Waals surface area contributed by atoms with Gasteiger partial charge in [0.15, 0.2) is 0 Å². The molecule has 0 aliphatic heterocycles. The van der Waals surface area contributed by atoms with Crippen molar-refractivity contribution >= 4 is 32.2 Å². The van der Waals surface area contributed by atoms with Gasteiger partial charge in [-0.2, -0.15) is 0 Å². The van der Waals surface area contributed by atoms with E-state index in [9.17, 15) is 0 Å². The normalized spacial score (nSPS) is 8.74. The van der Waals surface area contributed by atoms with Crippen molar-refractivity contribution in [2.24, 2.45) is 0 Å². The van der Waals surface area contributed by atoms with E-state index in [-0.39, 0.29) is 22.5 Å². The molecule has 0 fully saturated rings. The number of hydrogen-bond acceptors (Lipinski definition) is 0. The fraction of sp³-hybridized carbons (Fsp3) is 0. The third-order valence-corrected chi connectivity index (χ3v) is 5.49. The topological polar surface area (TPSA) is 0 Å². The van der Waals surface area contributed by atoms with Gasteiger partial charge in [0.05, 0.1) is 0 Å². The van der Waals surface area contributed by atoms with Crippen molar-refractivity contribution in [3.63, 3.8) is 0 Å². The molecule has 3 aromatic carbocycles. The molecule has 5 heteroatoms. The maximum absolute atomic E-state index is 2.23. The Morgan fingerprint density at radius 2 is 0.609 bits per heavy atom. The summed E-state index contributed by atoms with van der Waals surface area (Å²) in [4.78, 5) is 0. The molecular formula is C18H15BF3P. The van der Waals surface area contributed by atoms with Crippen LogP contribution in [0.1, 0.15) is 0 Å². The predicted octanol–water partition coefficient (Wildman–Crippen LogP) is -5.92. The molecule has 3 aromatic rings. The van der Waals surface area contributed by atoms with E-state index in [0.717, 1.165) is 0 Å². The molecule has 0 radical (unpaired) electrons. The van der Waals surface area contributed by atoms with Gasteiger partial charge in [0.1, 0.15) is 0 Å². The quantitative estimate of drug-likeness (QED) is 0.332. The second-order valence-electron chi connectivity index (χ2n) is 4.34. The van der Waals surface area contributed by atoms with Crippen molar-refractivity contribution in [1.29, 1.82) is 0 Å². The molecule has 0 unspecified atom stereocenters. The standard InChI is InChI=1S/C18H15P.B.3FH/c1-4-10-16(11-5-1)19(17-12-6-2-7-13-17)18-14-8-3-9-15-18;;;;/h1-15H;;3*1H/q;+3;;;/p-3. The molecule has 0 nitrogen and oxygen atoms in total. The van der Waals surface area contributed by atoms with E-state index in [1.165, 1.54) is 15.9 Å². The van der Waals surface area contributed by atoms with E-state index < -0.39 is 7.92 Å².